The van der Waals surface area contributed by atoms with E-state index in [2.05, 4.69) is 5.32 Å². The predicted octanol–water partition coefficient (Wildman–Crippen LogP) is 4.77. The smallest absolute Gasteiger partial charge is 0.250 e. The van der Waals surface area contributed by atoms with E-state index in [0.717, 1.165) is 22.6 Å². The van der Waals surface area contributed by atoms with Crippen LogP contribution in [0.5, 0.6) is 0 Å². The fraction of sp³-hybridized carbons (Fsp3) is 0.0952. The largest absolute Gasteiger partial charge is 0.376 e. The lowest BCUT2D eigenvalue weighted by molar-refractivity contribution is -0.116. The first-order valence-corrected chi connectivity index (χ1v) is 7.98. The third-order valence-corrected chi connectivity index (χ3v) is 3.85. The van der Waals surface area contributed by atoms with Gasteiger partial charge in [-0.25, -0.2) is 0 Å². The van der Waals surface area contributed by atoms with E-state index in [4.69, 9.17) is 0 Å². The van der Waals surface area contributed by atoms with Crippen LogP contribution in [0.15, 0.2) is 84.9 Å². The predicted molar refractivity (Wildman–Crippen MR) is 99.7 cm³/mol. The fourth-order valence-electron chi connectivity index (χ4n) is 2.61. The quantitative estimate of drug-likeness (QED) is 0.735. The van der Waals surface area contributed by atoms with Gasteiger partial charge in [0.05, 0.1) is 6.54 Å². The SMILES string of the molecule is Cc1ccccc1NCC(=O)N(c1ccccc1)c1ccccc1. The Hall–Kier alpha value is -3.07. The number of amides is 1. The van der Waals surface area contributed by atoms with Crippen molar-refractivity contribution in [3.63, 3.8) is 0 Å². The number of rotatable bonds is 5. The normalized spacial score (nSPS) is 10.2. The van der Waals surface area contributed by atoms with Gasteiger partial charge < -0.3 is 5.32 Å². The second kappa shape index (κ2) is 7.47. The molecule has 1 amide bonds. The van der Waals surface area contributed by atoms with Gasteiger partial charge in [0, 0.05) is 17.1 Å². The molecule has 3 aromatic rings. The summed E-state index contributed by atoms with van der Waals surface area (Å²) in [7, 11) is 0. The van der Waals surface area contributed by atoms with Crippen LogP contribution in [0.4, 0.5) is 17.1 Å². The Morgan fingerprint density at radius 2 is 1.29 bits per heavy atom. The van der Waals surface area contributed by atoms with Gasteiger partial charge in [-0.15, -0.1) is 0 Å². The van der Waals surface area contributed by atoms with E-state index in [1.54, 1.807) is 4.90 Å². The molecule has 0 fully saturated rings. The van der Waals surface area contributed by atoms with Crippen molar-refractivity contribution in [3.05, 3.63) is 90.5 Å². The molecule has 0 atom stereocenters. The molecule has 3 rings (SSSR count). The first kappa shape index (κ1) is 15.8. The molecule has 3 nitrogen and oxygen atoms in total. The Bertz CT molecular complexity index is 761. The number of hydrogen-bond acceptors (Lipinski definition) is 2. The van der Waals surface area contributed by atoms with Crippen LogP contribution in [0.1, 0.15) is 5.56 Å². The number of para-hydroxylation sites is 3. The van der Waals surface area contributed by atoms with Crippen LogP contribution < -0.4 is 10.2 Å². The Labute approximate surface area is 142 Å². The molecule has 0 aliphatic carbocycles. The number of carbonyl (C=O) groups is 1. The van der Waals surface area contributed by atoms with Crippen molar-refractivity contribution in [2.75, 3.05) is 16.8 Å². The Balaban J connectivity index is 1.83. The Morgan fingerprint density at radius 3 is 1.83 bits per heavy atom. The van der Waals surface area contributed by atoms with Gasteiger partial charge in [0.1, 0.15) is 0 Å². The fourth-order valence-corrected chi connectivity index (χ4v) is 2.61. The van der Waals surface area contributed by atoms with Gasteiger partial charge in [0.25, 0.3) is 5.91 Å². The summed E-state index contributed by atoms with van der Waals surface area (Å²) in [4.78, 5) is 14.6. The summed E-state index contributed by atoms with van der Waals surface area (Å²) < 4.78 is 0. The topological polar surface area (TPSA) is 32.3 Å². The molecule has 0 aliphatic heterocycles. The summed E-state index contributed by atoms with van der Waals surface area (Å²) in [6, 6.07) is 27.4. The lowest BCUT2D eigenvalue weighted by Gasteiger charge is -2.23. The number of nitrogens with zero attached hydrogens (tertiary/aromatic N) is 1. The highest BCUT2D eigenvalue weighted by Gasteiger charge is 2.17. The minimum atomic E-state index is -0.00402. The third kappa shape index (κ3) is 3.63. The van der Waals surface area contributed by atoms with Crippen molar-refractivity contribution < 1.29 is 4.79 Å². The Morgan fingerprint density at radius 1 is 0.792 bits per heavy atom. The lowest BCUT2D eigenvalue weighted by Crippen LogP contribution is -2.31. The highest BCUT2D eigenvalue weighted by molar-refractivity contribution is 6.02. The molecule has 0 aliphatic rings. The lowest BCUT2D eigenvalue weighted by atomic mass is 10.2. The first-order chi connectivity index (χ1) is 11.8. The van der Waals surface area contributed by atoms with Crippen LogP contribution in [0.25, 0.3) is 0 Å². The number of hydrogen-bond donors (Lipinski definition) is 1. The molecular weight excluding hydrogens is 296 g/mol. The van der Waals surface area contributed by atoms with E-state index in [1.165, 1.54) is 0 Å². The molecule has 0 bridgehead atoms. The van der Waals surface area contributed by atoms with Crippen LogP contribution in [-0.2, 0) is 4.79 Å². The molecule has 120 valence electrons. The van der Waals surface area contributed by atoms with Crippen molar-refractivity contribution in [1.29, 1.82) is 0 Å². The zero-order valence-electron chi connectivity index (χ0n) is 13.6. The zero-order valence-corrected chi connectivity index (χ0v) is 13.6. The van der Waals surface area contributed by atoms with Gasteiger partial charge in [0.15, 0.2) is 0 Å². The van der Waals surface area contributed by atoms with E-state index in [0.29, 0.717) is 0 Å². The van der Waals surface area contributed by atoms with E-state index in [9.17, 15) is 4.79 Å². The van der Waals surface area contributed by atoms with Gasteiger partial charge in [-0.05, 0) is 42.8 Å². The molecule has 1 N–H and O–H groups in total. The highest BCUT2D eigenvalue weighted by atomic mass is 16.2. The van der Waals surface area contributed by atoms with Crippen LogP contribution in [-0.4, -0.2) is 12.5 Å². The summed E-state index contributed by atoms with van der Waals surface area (Å²) in [6.45, 7) is 2.26. The second-order valence-electron chi connectivity index (χ2n) is 5.57. The molecule has 0 radical (unpaired) electrons. The maximum absolute atomic E-state index is 12.9. The molecule has 0 unspecified atom stereocenters. The molecular formula is C21H20N2O. The summed E-state index contributed by atoms with van der Waals surface area (Å²) >= 11 is 0. The van der Waals surface area contributed by atoms with E-state index < -0.39 is 0 Å². The van der Waals surface area contributed by atoms with Gasteiger partial charge in [-0.2, -0.15) is 0 Å². The maximum Gasteiger partial charge on any atom is 0.250 e. The number of nitrogens with one attached hydrogen (secondary N) is 1. The molecule has 0 aromatic heterocycles. The average molecular weight is 316 g/mol. The summed E-state index contributed by atoms with van der Waals surface area (Å²) in [6.07, 6.45) is 0. The van der Waals surface area contributed by atoms with Crippen molar-refractivity contribution >= 4 is 23.0 Å². The monoisotopic (exact) mass is 316 g/mol. The van der Waals surface area contributed by atoms with Crippen LogP contribution in [0.3, 0.4) is 0 Å². The van der Waals surface area contributed by atoms with Gasteiger partial charge >= 0.3 is 0 Å². The first-order valence-electron chi connectivity index (χ1n) is 7.98. The van der Waals surface area contributed by atoms with Gasteiger partial charge in [0.2, 0.25) is 0 Å². The molecule has 3 aromatic carbocycles. The minimum Gasteiger partial charge on any atom is -0.376 e. The van der Waals surface area contributed by atoms with Crippen molar-refractivity contribution in [2.45, 2.75) is 6.92 Å². The number of benzene rings is 3. The van der Waals surface area contributed by atoms with Crippen LogP contribution in [0.2, 0.25) is 0 Å². The van der Waals surface area contributed by atoms with Gasteiger partial charge in [-0.1, -0.05) is 54.6 Å². The van der Waals surface area contributed by atoms with Gasteiger partial charge in [-0.3, -0.25) is 9.69 Å². The average Bonchev–Trinajstić information content (AvgIpc) is 2.63. The highest BCUT2D eigenvalue weighted by Crippen LogP contribution is 2.25. The van der Waals surface area contributed by atoms with Crippen molar-refractivity contribution in [3.8, 4) is 0 Å². The number of anilines is 3. The molecule has 0 saturated heterocycles. The summed E-state index contributed by atoms with van der Waals surface area (Å²) in [5.74, 6) is -0.00402. The molecule has 0 spiro atoms. The number of carbonyl (C=O) groups excluding carboxylic acids is 1. The summed E-state index contributed by atoms with van der Waals surface area (Å²) in [5, 5.41) is 3.24. The van der Waals surface area contributed by atoms with E-state index >= 15 is 0 Å². The van der Waals surface area contributed by atoms with Crippen molar-refractivity contribution in [1.82, 2.24) is 0 Å². The number of aryl methyl sites for hydroxylation is 1. The molecule has 0 saturated carbocycles. The van der Waals surface area contributed by atoms with E-state index in [-0.39, 0.29) is 12.5 Å². The van der Waals surface area contributed by atoms with Crippen LogP contribution >= 0.6 is 0 Å². The third-order valence-electron chi connectivity index (χ3n) is 3.85. The molecule has 3 heteroatoms. The molecule has 0 heterocycles. The second-order valence-corrected chi connectivity index (χ2v) is 5.57. The molecule has 24 heavy (non-hydrogen) atoms. The Kier molecular flexibility index (Phi) is 4.92. The van der Waals surface area contributed by atoms with E-state index in [1.807, 2.05) is 91.9 Å². The van der Waals surface area contributed by atoms with Crippen molar-refractivity contribution in [2.24, 2.45) is 0 Å². The minimum absolute atomic E-state index is 0.00402. The standard InChI is InChI=1S/C21H20N2O/c1-17-10-8-9-15-20(17)22-16-21(24)23(18-11-4-2-5-12-18)19-13-6-3-7-14-19/h2-15,22H,16H2,1H3. The van der Waals surface area contributed by atoms with Crippen LogP contribution in [0, 0.1) is 6.92 Å². The zero-order chi connectivity index (χ0) is 16.8. The maximum atomic E-state index is 12.9. The summed E-state index contributed by atoms with van der Waals surface area (Å²) in [5.41, 5.74) is 3.82.